The molecule has 154 valence electrons. The Morgan fingerprint density at radius 1 is 1.00 bits per heavy atom. The molecule has 2 unspecified atom stereocenters. The molecular formula is C22H32FN3O2. The van der Waals surface area contributed by atoms with Gasteiger partial charge in [-0.25, -0.2) is 4.39 Å². The van der Waals surface area contributed by atoms with Crippen LogP contribution in [0.1, 0.15) is 32.3 Å². The molecule has 5 nitrogen and oxygen atoms in total. The van der Waals surface area contributed by atoms with Crippen LogP contribution in [0.2, 0.25) is 0 Å². The SMILES string of the molecule is CC1CC(C)CN(C(=O)CN2CCN(C(=O)CCc3cccc(F)c3)CC2)C1. The molecule has 2 atom stereocenters. The summed E-state index contributed by atoms with van der Waals surface area (Å²) in [5, 5.41) is 0. The van der Waals surface area contributed by atoms with Gasteiger partial charge in [0.25, 0.3) is 0 Å². The minimum Gasteiger partial charge on any atom is -0.341 e. The third-order valence-electron chi connectivity index (χ3n) is 5.82. The molecule has 2 amide bonds. The van der Waals surface area contributed by atoms with Crippen LogP contribution in [-0.4, -0.2) is 72.3 Å². The van der Waals surface area contributed by atoms with Gasteiger partial charge in [-0.3, -0.25) is 14.5 Å². The maximum absolute atomic E-state index is 13.2. The Labute approximate surface area is 167 Å². The van der Waals surface area contributed by atoms with E-state index in [9.17, 15) is 14.0 Å². The lowest BCUT2D eigenvalue weighted by Crippen LogP contribution is -2.53. The molecule has 0 spiro atoms. The van der Waals surface area contributed by atoms with Crippen LogP contribution in [0, 0.1) is 17.7 Å². The van der Waals surface area contributed by atoms with Crippen LogP contribution >= 0.6 is 0 Å². The molecule has 0 N–H and O–H groups in total. The molecule has 2 fully saturated rings. The van der Waals surface area contributed by atoms with E-state index in [1.807, 2.05) is 15.9 Å². The third kappa shape index (κ3) is 5.77. The second-order valence-electron chi connectivity index (χ2n) is 8.53. The van der Waals surface area contributed by atoms with E-state index in [0.717, 1.165) is 31.7 Å². The number of likely N-dealkylation sites (tertiary alicyclic amines) is 1. The maximum Gasteiger partial charge on any atom is 0.236 e. The molecule has 1 aromatic carbocycles. The number of amides is 2. The number of piperidine rings is 1. The minimum atomic E-state index is -0.263. The number of aryl methyl sites for hydroxylation is 1. The van der Waals surface area contributed by atoms with Gasteiger partial charge in [0.1, 0.15) is 5.82 Å². The fourth-order valence-electron chi connectivity index (χ4n) is 4.42. The number of nitrogens with zero attached hydrogens (tertiary/aromatic N) is 3. The first-order chi connectivity index (χ1) is 13.4. The van der Waals surface area contributed by atoms with Gasteiger partial charge in [0, 0.05) is 45.7 Å². The zero-order valence-corrected chi connectivity index (χ0v) is 17.1. The van der Waals surface area contributed by atoms with E-state index in [0.29, 0.717) is 44.3 Å². The van der Waals surface area contributed by atoms with Crippen molar-refractivity contribution < 1.29 is 14.0 Å². The van der Waals surface area contributed by atoms with Crippen molar-refractivity contribution in [1.82, 2.24) is 14.7 Å². The monoisotopic (exact) mass is 389 g/mol. The van der Waals surface area contributed by atoms with E-state index >= 15 is 0 Å². The number of hydrogen-bond donors (Lipinski definition) is 0. The summed E-state index contributed by atoms with van der Waals surface area (Å²) in [5.41, 5.74) is 0.850. The van der Waals surface area contributed by atoms with Gasteiger partial charge in [0.05, 0.1) is 6.54 Å². The van der Waals surface area contributed by atoms with Crippen LogP contribution in [0.4, 0.5) is 4.39 Å². The zero-order valence-electron chi connectivity index (χ0n) is 17.1. The quantitative estimate of drug-likeness (QED) is 0.777. The molecule has 2 saturated heterocycles. The van der Waals surface area contributed by atoms with Crippen molar-refractivity contribution in [3.05, 3.63) is 35.6 Å². The van der Waals surface area contributed by atoms with E-state index in [2.05, 4.69) is 18.7 Å². The lowest BCUT2D eigenvalue weighted by Gasteiger charge is -2.38. The molecule has 3 rings (SSSR count). The molecule has 0 radical (unpaired) electrons. The number of halogens is 1. The smallest absolute Gasteiger partial charge is 0.236 e. The average molecular weight is 390 g/mol. The number of carbonyl (C=O) groups excluding carboxylic acids is 2. The Kier molecular flexibility index (Phi) is 7.05. The summed E-state index contributed by atoms with van der Waals surface area (Å²) in [6.45, 7) is 9.37. The van der Waals surface area contributed by atoms with Gasteiger partial charge in [0.15, 0.2) is 0 Å². The summed E-state index contributed by atoms with van der Waals surface area (Å²) >= 11 is 0. The molecule has 6 heteroatoms. The first-order valence-corrected chi connectivity index (χ1v) is 10.4. The molecule has 0 aliphatic carbocycles. The summed E-state index contributed by atoms with van der Waals surface area (Å²) in [5.74, 6) is 1.19. The van der Waals surface area contributed by atoms with E-state index in [1.54, 1.807) is 6.07 Å². The van der Waals surface area contributed by atoms with Crippen molar-refractivity contribution >= 4 is 11.8 Å². The van der Waals surface area contributed by atoms with Gasteiger partial charge in [-0.1, -0.05) is 26.0 Å². The van der Waals surface area contributed by atoms with Gasteiger partial charge < -0.3 is 9.80 Å². The van der Waals surface area contributed by atoms with E-state index in [-0.39, 0.29) is 17.6 Å². The summed E-state index contributed by atoms with van der Waals surface area (Å²) in [6.07, 6.45) is 2.15. The molecule has 2 aliphatic heterocycles. The maximum atomic E-state index is 13.2. The van der Waals surface area contributed by atoms with Crippen molar-refractivity contribution in [2.24, 2.45) is 11.8 Å². The zero-order chi connectivity index (χ0) is 20.1. The highest BCUT2D eigenvalue weighted by atomic mass is 19.1. The van der Waals surface area contributed by atoms with Crippen LogP contribution in [0.25, 0.3) is 0 Å². The Morgan fingerprint density at radius 2 is 1.68 bits per heavy atom. The van der Waals surface area contributed by atoms with Gasteiger partial charge in [-0.15, -0.1) is 0 Å². The lowest BCUT2D eigenvalue weighted by molar-refractivity contribution is -0.136. The summed E-state index contributed by atoms with van der Waals surface area (Å²) in [6, 6.07) is 6.42. The second kappa shape index (κ2) is 9.50. The first kappa shape index (κ1) is 20.8. The van der Waals surface area contributed by atoms with Crippen molar-refractivity contribution in [3.63, 3.8) is 0 Å². The number of piperazine rings is 1. The van der Waals surface area contributed by atoms with Crippen LogP contribution in [0.3, 0.4) is 0 Å². The van der Waals surface area contributed by atoms with Crippen molar-refractivity contribution in [2.75, 3.05) is 45.8 Å². The highest BCUT2D eigenvalue weighted by Crippen LogP contribution is 2.21. The van der Waals surface area contributed by atoms with Crippen molar-refractivity contribution in [2.45, 2.75) is 33.1 Å². The number of carbonyl (C=O) groups is 2. The third-order valence-corrected chi connectivity index (χ3v) is 5.82. The largest absolute Gasteiger partial charge is 0.341 e. The fraction of sp³-hybridized carbons (Fsp3) is 0.636. The predicted octanol–water partition coefficient (Wildman–Crippen LogP) is 2.41. The number of benzene rings is 1. The lowest BCUT2D eigenvalue weighted by atomic mass is 9.92. The Bertz CT molecular complexity index is 678. The van der Waals surface area contributed by atoms with Crippen LogP contribution in [0.5, 0.6) is 0 Å². The van der Waals surface area contributed by atoms with Gasteiger partial charge in [0.2, 0.25) is 11.8 Å². The summed E-state index contributed by atoms with van der Waals surface area (Å²) in [4.78, 5) is 31.1. The van der Waals surface area contributed by atoms with Crippen molar-refractivity contribution in [1.29, 1.82) is 0 Å². The van der Waals surface area contributed by atoms with Gasteiger partial charge in [-0.2, -0.15) is 0 Å². The van der Waals surface area contributed by atoms with Gasteiger partial charge >= 0.3 is 0 Å². The summed E-state index contributed by atoms with van der Waals surface area (Å²) < 4.78 is 13.2. The highest BCUT2D eigenvalue weighted by molar-refractivity contribution is 5.79. The number of hydrogen-bond acceptors (Lipinski definition) is 3. The van der Waals surface area contributed by atoms with Crippen molar-refractivity contribution in [3.8, 4) is 0 Å². The Balaban J connectivity index is 1.40. The van der Waals surface area contributed by atoms with Gasteiger partial charge in [-0.05, 0) is 42.4 Å². The minimum absolute atomic E-state index is 0.105. The fourth-order valence-corrected chi connectivity index (χ4v) is 4.42. The normalized spacial score (nSPS) is 23.7. The van der Waals surface area contributed by atoms with Crippen LogP contribution < -0.4 is 0 Å². The number of rotatable bonds is 5. The summed E-state index contributed by atoms with van der Waals surface area (Å²) in [7, 11) is 0. The molecule has 0 saturated carbocycles. The first-order valence-electron chi connectivity index (χ1n) is 10.4. The predicted molar refractivity (Wildman–Crippen MR) is 107 cm³/mol. The van der Waals surface area contributed by atoms with Crippen LogP contribution in [-0.2, 0) is 16.0 Å². The standard InChI is InChI=1S/C22H32FN3O2/c1-17-12-18(2)15-26(14-17)22(28)16-24-8-10-25(11-9-24)21(27)7-6-19-4-3-5-20(23)13-19/h3-5,13,17-18H,6-12,14-16H2,1-2H3. The molecule has 1 aromatic rings. The highest BCUT2D eigenvalue weighted by Gasteiger charge is 2.28. The molecule has 0 aromatic heterocycles. The molecule has 2 heterocycles. The topological polar surface area (TPSA) is 43.9 Å². The molecular weight excluding hydrogens is 357 g/mol. The van der Waals surface area contributed by atoms with E-state index in [1.165, 1.54) is 18.6 Å². The van der Waals surface area contributed by atoms with E-state index < -0.39 is 0 Å². The average Bonchev–Trinajstić information content (AvgIpc) is 2.66. The van der Waals surface area contributed by atoms with E-state index in [4.69, 9.17) is 0 Å². The Morgan fingerprint density at radius 3 is 2.32 bits per heavy atom. The van der Waals surface area contributed by atoms with Crippen LogP contribution in [0.15, 0.2) is 24.3 Å². The molecule has 2 aliphatic rings. The second-order valence-corrected chi connectivity index (χ2v) is 8.53. The molecule has 28 heavy (non-hydrogen) atoms. The molecule has 0 bridgehead atoms. The Hall–Kier alpha value is -1.95.